The minimum atomic E-state index is -0.598. The summed E-state index contributed by atoms with van der Waals surface area (Å²) in [6.45, 7) is 1.73. The van der Waals surface area contributed by atoms with Crippen molar-refractivity contribution in [1.82, 2.24) is 0 Å². The van der Waals surface area contributed by atoms with Crippen LogP contribution in [0.1, 0.15) is 11.8 Å². The molecule has 0 bridgehead atoms. The number of halogens is 1. The summed E-state index contributed by atoms with van der Waals surface area (Å²) in [6, 6.07) is 3.72. The molecule has 0 radical (unpaired) electrons. The van der Waals surface area contributed by atoms with Crippen LogP contribution in [-0.2, 0) is 9.53 Å². The molecule has 5 heteroatoms. The fourth-order valence-electron chi connectivity index (χ4n) is 1.02. The van der Waals surface area contributed by atoms with Gasteiger partial charge in [-0.25, -0.2) is 4.79 Å². The monoisotopic (exact) mass is 285 g/mol. The van der Waals surface area contributed by atoms with Crippen LogP contribution in [-0.4, -0.2) is 13.1 Å². The summed E-state index contributed by atoms with van der Waals surface area (Å²) in [6.07, 6.45) is 0. The van der Waals surface area contributed by atoms with Crippen molar-refractivity contribution < 1.29 is 9.53 Å². The number of ether oxygens (including phenoxy) is 1. The highest BCUT2D eigenvalue weighted by Gasteiger charge is 2.14. The maximum absolute atomic E-state index is 11.3. The molecule has 0 aliphatic rings. The Morgan fingerprint density at radius 3 is 2.73 bits per heavy atom. The Bertz CT molecular complexity index is 456. The van der Waals surface area contributed by atoms with E-state index in [1.54, 1.807) is 6.92 Å². The van der Waals surface area contributed by atoms with Gasteiger partial charge >= 0.3 is 5.97 Å². The average Bonchev–Trinajstić information content (AvgIpc) is 2.65. The zero-order valence-electron chi connectivity index (χ0n) is 8.20. The van der Waals surface area contributed by atoms with Crippen molar-refractivity contribution in [1.29, 1.82) is 5.26 Å². The molecule has 0 saturated carbocycles. The van der Waals surface area contributed by atoms with Crippen LogP contribution in [0.15, 0.2) is 21.5 Å². The minimum absolute atomic E-state index is 0.0480. The number of nitrogens with zero attached hydrogens (tertiary/aromatic N) is 1. The van der Waals surface area contributed by atoms with E-state index in [9.17, 15) is 4.79 Å². The largest absolute Gasteiger partial charge is 0.465 e. The highest BCUT2D eigenvalue weighted by atomic mass is 79.9. The van der Waals surface area contributed by atoms with Gasteiger partial charge in [0.25, 0.3) is 0 Å². The molecule has 0 amide bonds. The Kier molecular flexibility index (Phi) is 4.06. The second-order valence-electron chi connectivity index (χ2n) is 2.73. The molecule has 0 fully saturated rings. The fourth-order valence-corrected chi connectivity index (χ4v) is 2.46. The number of hydrogen-bond donors (Lipinski definition) is 0. The fraction of sp³-hybridized carbons (Fsp3) is 0.200. The quantitative estimate of drug-likeness (QED) is 0.477. The maximum atomic E-state index is 11.3. The van der Waals surface area contributed by atoms with Crippen LogP contribution in [0.4, 0.5) is 0 Å². The van der Waals surface area contributed by atoms with Gasteiger partial charge in [-0.15, -0.1) is 11.3 Å². The van der Waals surface area contributed by atoms with Crippen LogP contribution in [0.3, 0.4) is 0 Å². The third-order valence-corrected chi connectivity index (χ3v) is 3.62. The normalized spacial score (nSPS) is 11.6. The first-order valence-corrected chi connectivity index (χ1v) is 5.71. The van der Waals surface area contributed by atoms with E-state index in [0.29, 0.717) is 5.57 Å². The second kappa shape index (κ2) is 5.10. The third kappa shape index (κ3) is 2.67. The SMILES string of the molecule is COC(=O)/C(C#N)=C(\C)c1cc(Br)cs1. The predicted octanol–water partition coefficient (Wildman–Crippen LogP) is 2.98. The summed E-state index contributed by atoms with van der Waals surface area (Å²) in [4.78, 5) is 12.1. The third-order valence-electron chi connectivity index (χ3n) is 1.81. The van der Waals surface area contributed by atoms with E-state index in [1.807, 2.05) is 17.5 Å². The molecular formula is C10H8BrNO2S. The van der Waals surface area contributed by atoms with Crippen LogP contribution in [0, 0.1) is 11.3 Å². The Balaban J connectivity index is 3.18. The molecule has 0 N–H and O–H groups in total. The number of methoxy groups -OCH3 is 1. The number of thiophene rings is 1. The number of carbonyl (C=O) groups is 1. The van der Waals surface area contributed by atoms with E-state index in [0.717, 1.165) is 9.35 Å². The van der Waals surface area contributed by atoms with Crippen molar-refractivity contribution in [3.63, 3.8) is 0 Å². The van der Waals surface area contributed by atoms with Crippen molar-refractivity contribution in [2.75, 3.05) is 7.11 Å². The molecule has 0 aromatic carbocycles. The first-order valence-electron chi connectivity index (χ1n) is 4.03. The topological polar surface area (TPSA) is 50.1 Å². The Labute approximate surface area is 100 Å². The van der Waals surface area contributed by atoms with Gasteiger partial charge in [-0.2, -0.15) is 5.26 Å². The first-order chi connectivity index (χ1) is 7.10. The summed E-state index contributed by atoms with van der Waals surface area (Å²) in [7, 11) is 1.26. The van der Waals surface area contributed by atoms with Crippen molar-refractivity contribution >= 4 is 38.8 Å². The molecule has 0 aliphatic heterocycles. The van der Waals surface area contributed by atoms with Gasteiger partial charge < -0.3 is 4.74 Å². The maximum Gasteiger partial charge on any atom is 0.348 e. The van der Waals surface area contributed by atoms with Crippen LogP contribution in [0.2, 0.25) is 0 Å². The van der Waals surface area contributed by atoms with Crippen molar-refractivity contribution in [3.8, 4) is 6.07 Å². The lowest BCUT2D eigenvalue weighted by atomic mass is 10.1. The van der Waals surface area contributed by atoms with Crippen molar-refractivity contribution in [3.05, 3.63) is 26.4 Å². The summed E-state index contributed by atoms with van der Waals surface area (Å²) < 4.78 is 5.46. The molecule has 0 spiro atoms. The van der Waals surface area contributed by atoms with Gasteiger partial charge in [-0.3, -0.25) is 0 Å². The van der Waals surface area contributed by atoms with Gasteiger partial charge in [0.1, 0.15) is 11.6 Å². The van der Waals surface area contributed by atoms with Crippen LogP contribution in [0.5, 0.6) is 0 Å². The van der Waals surface area contributed by atoms with Gasteiger partial charge in [0.15, 0.2) is 0 Å². The van der Waals surface area contributed by atoms with E-state index >= 15 is 0 Å². The molecule has 3 nitrogen and oxygen atoms in total. The standard InChI is InChI=1S/C10H8BrNO2S/c1-6(8(4-12)10(13)14-2)9-3-7(11)5-15-9/h3,5H,1-2H3/b8-6+. The lowest BCUT2D eigenvalue weighted by Gasteiger charge is -2.00. The predicted molar refractivity (Wildman–Crippen MR) is 62.2 cm³/mol. The highest BCUT2D eigenvalue weighted by Crippen LogP contribution is 2.28. The first kappa shape index (κ1) is 12.0. The van der Waals surface area contributed by atoms with Crippen LogP contribution < -0.4 is 0 Å². The molecule has 0 unspecified atom stereocenters. The van der Waals surface area contributed by atoms with E-state index < -0.39 is 5.97 Å². The molecule has 15 heavy (non-hydrogen) atoms. The van der Waals surface area contributed by atoms with Gasteiger partial charge in [0.2, 0.25) is 0 Å². The highest BCUT2D eigenvalue weighted by molar-refractivity contribution is 9.10. The molecule has 0 saturated heterocycles. The van der Waals surface area contributed by atoms with E-state index in [4.69, 9.17) is 5.26 Å². The van der Waals surface area contributed by atoms with Crippen LogP contribution in [0.25, 0.3) is 5.57 Å². The van der Waals surface area contributed by atoms with E-state index in [-0.39, 0.29) is 5.57 Å². The minimum Gasteiger partial charge on any atom is -0.465 e. The number of carbonyl (C=O) groups excluding carboxylic acids is 1. The van der Waals surface area contributed by atoms with Gasteiger partial charge in [0.05, 0.1) is 7.11 Å². The number of allylic oxidation sites excluding steroid dienone is 1. The lowest BCUT2D eigenvalue weighted by molar-refractivity contribution is -0.135. The molecule has 1 aromatic rings. The summed E-state index contributed by atoms with van der Waals surface area (Å²) in [5, 5.41) is 10.7. The van der Waals surface area contributed by atoms with Crippen molar-refractivity contribution in [2.24, 2.45) is 0 Å². The smallest absolute Gasteiger partial charge is 0.348 e. The van der Waals surface area contributed by atoms with E-state index in [2.05, 4.69) is 20.7 Å². The summed E-state index contributed by atoms with van der Waals surface area (Å²) in [5.41, 5.74) is 0.687. The zero-order chi connectivity index (χ0) is 11.4. The summed E-state index contributed by atoms with van der Waals surface area (Å²) in [5.74, 6) is -0.598. The van der Waals surface area contributed by atoms with Gasteiger partial charge in [-0.1, -0.05) is 0 Å². The number of rotatable bonds is 2. The van der Waals surface area contributed by atoms with E-state index in [1.165, 1.54) is 18.4 Å². The average molecular weight is 286 g/mol. The molecule has 1 rings (SSSR count). The Hall–Kier alpha value is -1.12. The van der Waals surface area contributed by atoms with Gasteiger partial charge in [-0.05, 0) is 34.5 Å². The van der Waals surface area contributed by atoms with Gasteiger partial charge in [0, 0.05) is 14.7 Å². The molecule has 78 valence electrons. The number of nitriles is 1. The molecule has 1 heterocycles. The molecular weight excluding hydrogens is 278 g/mol. The molecule has 0 atom stereocenters. The van der Waals surface area contributed by atoms with Crippen LogP contribution >= 0.6 is 27.3 Å². The lowest BCUT2D eigenvalue weighted by Crippen LogP contribution is -2.04. The zero-order valence-corrected chi connectivity index (χ0v) is 10.6. The molecule has 0 aliphatic carbocycles. The molecule has 1 aromatic heterocycles. The van der Waals surface area contributed by atoms with Crippen molar-refractivity contribution in [2.45, 2.75) is 6.92 Å². The Morgan fingerprint density at radius 2 is 2.33 bits per heavy atom. The number of hydrogen-bond acceptors (Lipinski definition) is 4. The second-order valence-corrected chi connectivity index (χ2v) is 4.56. The summed E-state index contributed by atoms with van der Waals surface area (Å²) >= 11 is 4.78. The Morgan fingerprint density at radius 1 is 1.67 bits per heavy atom. The number of esters is 1.